The molecule has 2 unspecified atom stereocenters. The Kier molecular flexibility index (Phi) is 3.01. The minimum Gasteiger partial charge on any atom is -0.392 e. The summed E-state index contributed by atoms with van der Waals surface area (Å²) in [5, 5.41) is 33.7. The van der Waals surface area contributed by atoms with Crippen molar-refractivity contribution in [1.82, 2.24) is 0 Å². The zero-order valence-electron chi connectivity index (χ0n) is 11.9. The van der Waals surface area contributed by atoms with Crippen LogP contribution in [0.15, 0.2) is 48.5 Å². The molecule has 0 radical (unpaired) electrons. The third-order valence-electron chi connectivity index (χ3n) is 4.46. The van der Waals surface area contributed by atoms with Crippen molar-refractivity contribution in [3.63, 3.8) is 0 Å². The van der Waals surface area contributed by atoms with Gasteiger partial charge in [-0.15, -0.1) is 0 Å². The largest absolute Gasteiger partial charge is 0.392 e. The van der Waals surface area contributed by atoms with Crippen molar-refractivity contribution < 1.29 is 15.3 Å². The fourth-order valence-corrected chi connectivity index (χ4v) is 3.27. The molecular formula is C19H16O3. The number of benzene rings is 3. The topological polar surface area (TPSA) is 60.7 Å². The van der Waals surface area contributed by atoms with E-state index in [0.717, 1.165) is 38.2 Å². The van der Waals surface area contributed by atoms with Gasteiger partial charge in [0.05, 0.1) is 6.61 Å². The molecule has 3 aromatic carbocycles. The lowest BCUT2D eigenvalue weighted by atomic mass is 9.88. The van der Waals surface area contributed by atoms with Crippen molar-refractivity contribution in [2.24, 2.45) is 0 Å². The first-order valence-electron chi connectivity index (χ1n) is 7.32. The maximum absolute atomic E-state index is 10.2. The van der Waals surface area contributed by atoms with E-state index in [0.29, 0.717) is 0 Å². The Bertz CT molecular complexity index is 911. The molecule has 0 heterocycles. The van der Waals surface area contributed by atoms with Gasteiger partial charge in [-0.2, -0.15) is 0 Å². The second-order valence-electron chi connectivity index (χ2n) is 5.73. The molecule has 1 aliphatic carbocycles. The number of rotatable bonds is 1. The first-order chi connectivity index (χ1) is 10.7. The molecule has 1 aliphatic rings. The van der Waals surface area contributed by atoms with E-state index in [1.807, 2.05) is 48.5 Å². The van der Waals surface area contributed by atoms with Crippen molar-refractivity contribution >= 4 is 27.6 Å². The SMILES string of the molecule is OCc1cccc2c1ccc1cc3c(cc12)C(O)C(O)C=C3. The maximum Gasteiger partial charge on any atom is 0.109 e. The summed E-state index contributed by atoms with van der Waals surface area (Å²) in [6, 6.07) is 13.9. The molecule has 2 atom stereocenters. The fraction of sp³-hybridized carbons (Fsp3) is 0.158. The molecule has 0 aliphatic heterocycles. The maximum atomic E-state index is 10.2. The molecule has 3 aromatic rings. The molecule has 0 bridgehead atoms. The standard InChI is InChI=1S/C19H16O3/c20-10-13-2-1-3-15-14(13)6-4-11-8-12-5-7-18(21)19(22)17(12)9-16(11)15/h1-9,18-22H,10H2. The lowest BCUT2D eigenvalue weighted by Gasteiger charge is -2.22. The highest BCUT2D eigenvalue weighted by molar-refractivity contribution is 6.09. The van der Waals surface area contributed by atoms with E-state index >= 15 is 0 Å². The van der Waals surface area contributed by atoms with Crippen LogP contribution in [0.3, 0.4) is 0 Å². The van der Waals surface area contributed by atoms with Crippen molar-refractivity contribution in [2.45, 2.75) is 18.8 Å². The predicted octanol–water partition coefficient (Wildman–Crippen LogP) is 2.91. The molecule has 0 saturated carbocycles. The Hall–Kier alpha value is -2.20. The van der Waals surface area contributed by atoms with Crippen LogP contribution < -0.4 is 0 Å². The highest BCUT2D eigenvalue weighted by Crippen LogP contribution is 2.35. The van der Waals surface area contributed by atoms with Gasteiger partial charge >= 0.3 is 0 Å². The molecule has 3 heteroatoms. The summed E-state index contributed by atoms with van der Waals surface area (Å²) in [4.78, 5) is 0. The van der Waals surface area contributed by atoms with Gasteiger partial charge in [0, 0.05) is 0 Å². The van der Waals surface area contributed by atoms with Gasteiger partial charge in [-0.1, -0.05) is 42.5 Å². The monoisotopic (exact) mass is 292 g/mol. The van der Waals surface area contributed by atoms with Gasteiger partial charge in [-0.25, -0.2) is 0 Å². The van der Waals surface area contributed by atoms with Gasteiger partial charge in [-0.05, 0) is 50.4 Å². The Morgan fingerprint density at radius 3 is 2.59 bits per heavy atom. The van der Waals surface area contributed by atoms with E-state index in [4.69, 9.17) is 0 Å². The Morgan fingerprint density at radius 1 is 0.909 bits per heavy atom. The molecule has 0 aromatic heterocycles. The van der Waals surface area contributed by atoms with Crippen molar-refractivity contribution in [3.8, 4) is 0 Å². The number of fused-ring (bicyclic) bond motifs is 4. The normalized spacial score (nSPS) is 20.5. The van der Waals surface area contributed by atoms with Crippen molar-refractivity contribution in [2.75, 3.05) is 0 Å². The molecule has 0 amide bonds. The molecule has 4 rings (SSSR count). The van der Waals surface area contributed by atoms with Gasteiger partial charge in [0.2, 0.25) is 0 Å². The van der Waals surface area contributed by atoms with Crippen LogP contribution in [-0.4, -0.2) is 21.4 Å². The predicted molar refractivity (Wildman–Crippen MR) is 87.4 cm³/mol. The summed E-state index contributed by atoms with van der Waals surface area (Å²) >= 11 is 0. The van der Waals surface area contributed by atoms with Crippen molar-refractivity contribution in [1.29, 1.82) is 0 Å². The van der Waals surface area contributed by atoms with E-state index in [1.165, 1.54) is 0 Å². The molecule has 0 fully saturated rings. The lowest BCUT2D eigenvalue weighted by molar-refractivity contribution is 0.0471. The summed E-state index contributed by atoms with van der Waals surface area (Å²) in [6.07, 6.45) is 1.69. The smallest absolute Gasteiger partial charge is 0.109 e. The zero-order valence-corrected chi connectivity index (χ0v) is 11.9. The molecule has 110 valence electrons. The van der Waals surface area contributed by atoms with Gasteiger partial charge in [0.1, 0.15) is 12.2 Å². The summed E-state index contributed by atoms with van der Waals surface area (Å²) in [5.41, 5.74) is 2.56. The van der Waals surface area contributed by atoms with Crippen LogP contribution in [0.2, 0.25) is 0 Å². The van der Waals surface area contributed by atoms with Gasteiger partial charge < -0.3 is 15.3 Å². The number of aliphatic hydroxyl groups is 3. The minimum absolute atomic E-state index is 0.00212. The quantitative estimate of drug-likeness (QED) is 0.604. The Balaban J connectivity index is 2.08. The third-order valence-corrected chi connectivity index (χ3v) is 4.46. The average Bonchev–Trinajstić information content (AvgIpc) is 2.56. The van der Waals surface area contributed by atoms with E-state index in [-0.39, 0.29) is 6.61 Å². The minimum atomic E-state index is -0.902. The molecule has 0 saturated heterocycles. The summed E-state index contributed by atoms with van der Waals surface area (Å²) in [6.45, 7) is -0.00212. The molecule has 3 N–H and O–H groups in total. The molecule has 0 spiro atoms. The van der Waals surface area contributed by atoms with Gasteiger partial charge in [-0.3, -0.25) is 0 Å². The first kappa shape index (κ1) is 13.5. The Morgan fingerprint density at radius 2 is 1.77 bits per heavy atom. The van der Waals surface area contributed by atoms with Gasteiger partial charge in [0.15, 0.2) is 0 Å². The van der Waals surface area contributed by atoms with Crippen LogP contribution in [0.1, 0.15) is 22.8 Å². The second kappa shape index (κ2) is 4.92. The van der Waals surface area contributed by atoms with Crippen LogP contribution >= 0.6 is 0 Å². The van der Waals surface area contributed by atoms with E-state index < -0.39 is 12.2 Å². The third kappa shape index (κ3) is 1.87. The van der Waals surface area contributed by atoms with Crippen LogP contribution in [0, 0.1) is 0 Å². The highest BCUT2D eigenvalue weighted by atomic mass is 16.3. The summed E-state index contributed by atoms with van der Waals surface area (Å²) < 4.78 is 0. The van der Waals surface area contributed by atoms with E-state index in [2.05, 4.69) is 0 Å². The van der Waals surface area contributed by atoms with Crippen LogP contribution in [0.25, 0.3) is 27.6 Å². The lowest BCUT2D eigenvalue weighted by Crippen LogP contribution is -2.19. The number of aliphatic hydroxyl groups excluding tert-OH is 3. The van der Waals surface area contributed by atoms with Gasteiger partial charge in [0.25, 0.3) is 0 Å². The second-order valence-corrected chi connectivity index (χ2v) is 5.73. The average molecular weight is 292 g/mol. The number of hydrogen-bond donors (Lipinski definition) is 3. The molecule has 3 nitrogen and oxygen atoms in total. The number of hydrogen-bond acceptors (Lipinski definition) is 3. The summed E-state index contributed by atoms with van der Waals surface area (Å²) in [7, 11) is 0. The Labute approximate surface area is 127 Å². The van der Waals surface area contributed by atoms with Crippen LogP contribution in [0.5, 0.6) is 0 Å². The zero-order chi connectivity index (χ0) is 15.3. The highest BCUT2D eigenvalue weighted by Gasteiger charge is 2.23. The summed E-state index contributed by atoms with van der Waals surface area (Å²) in [5.74, 6) is 0. The molecular weight excluding hydrogens is 276 g/mol. The van der Waals surface area contributed by atoms with Crippen molar-refractivity contribution in [3.05, 3.63) is 65.2 Å². The molecule has 22 heavy (non-hydrogen) atoms. The van der Waals surface area contributed by atoms with E-state index in [1.54, 1.807) is 6.08 Å². The van der Waals surface area contributed by atoms with Crippen LogP contribution in [0.4, 0.5) is 0 Å². The van der Waals surface area contributed by atoms with E-state index in [9.17, 15) is 15.3 Å². The fourth-order valence-electron chi connectivity index (χ4n) is 3.27. The van der Waals surface area contributed by atoms with Crippen LogP contribution in [-0.2, 0) is 6.61 Å². The first-order valence-corrected chi connectivity index (χ1v) is 7.32.